The number of benzene rings is 1. The number of hydrogen-bond donors (Lipinski definition) is 2. The predicted molar refractivity (Wildman–Crippen MR) is 116 cm³/mol. The molecule has 4 aromatic rings. The third-order valence-electron chi connectivity index (χ3n) is 5.07. The van der Waals surface area contributed by atoms with Crippen molar-refractivity contribution in [2.45, 2.75) is 33.4 Å². The monoisotopic (exact) mass is 436 g/mol. The third-order valence-corrected chi connectivity index (χ3v) is 5.07. The van der Waals surface area contributed by atoms with Crippen molar-refractivity contribution >= 4 is 5.82 Å². The molecule has 1 atom stereocenters. The molecule has 9 heteroatoms. The van der Waals surface area contributed by atoms with Crippen molar-refractivity contribution < 1.29 is 13.9 Å². The number of aryl methyl sites for hydroxylation is 2. The normalized spacial score (nSPS) is 12.1. The van der Waals surface area contributed by atoms with E-state index in [9.17, 15) is 13.9 Å². The van der Waals surface area contributed by atoms with Crippen LogP contribution < -0.4 is 5.32 Å². The van der Waals surface area contributed by atoms with Gasteiger partial charge < -0.3 is 15.0 Å². The van der Waals surface area contributed by atoms with Gasteiger partial charge in [-0.05, 0) is 62.2 Å². The van der Waals surface area contributed by atoms with E-state index in [0.717, 1.165) is 23.0 Å². The van der Waals surface area contributed by atoms with Crippen molar-refractivity contribution in [3.05, 3.63) is 83.1 Å². The van der Waals surface area contributed by atoms with Crippen molar-refractivity contribution in [2.75, 3.05) is 5.32 Å². The smallest absolute Gasteiger partial charge is 0.152 e. The first-order valence-electron chi connectivity index (χ1n) is 10.0. The van der Waals surface area contributed by atoms with E-state index in [1.807, 2.05) is 32.2 Å². The highest BCUT2D eigenvalue weighted by atomic mass is 19.1. The highest BCUT2D eigenvalue weighted by Crippen LogP contribution is 2.25. The maximum Gasteiger partial charge on any atom is 0.152 e. The van der Waals surface area contributed by atoms with Gasteiger partial charge in [-0.2, -0.15) is 0 Å². The number of imidazole rings is 1. The lowest BCUT2D eigenvalue weighted by molar-refractivity contribution is 0.276. The van der Waals surface area contributed by atoms with E-state index < -0.39 is 11.6 Å². The lowest BCUT2D eigenvalue weighted by Crippen LogP contribution is -2.11. The van der Waals surface area contributed by atoms with Crippen molar-refractivity contribution in [1.29, 1.82) is 0 Å². The third kappa shape index (κ3) is 4.47. The number of pyridine rings is 1. The summed E-state index contributed by atoms with van der Waals surface area (Å²) >= 11 is 0. The molecule has 7 nitrogen and oxygen atoms in total. The number of nitrogens with one attached hydrogen (secondary N) is 1. The molecule has 32 heavy (non-hydrogen) atoms. The predicted octanol–water partition coefficient (Wildman–Crippen LogP) is 4.28. The summed E-state index contributed by atoms with van der Waals surface area (Å²) in [6.45, 7) is 5.29. The number of nitrogens with zero attached hydrogens (tertiary/aromatic N) is 5. The number of rotatable bonds is 6. The molecule has 0 saturated carbocycles. The van der Waals surface area contributed by atoms with Crippen molar-refractivity contribution in [3.8, 4) is 17.1 Å². The minimum Gasteiger partial charge on any atom is -0.390 e. The molecule has 1 aromatic carbocycles. The van der Waals surface area contributed by atoms with Crippen molar-refractivity contribution in [2.24, 2.45) is 0 Å². The molecule has 4 rings (SSSR count). The highest BCUT2D eigenvalue weighted by molar-refractivity contribution is 5.60. The van der Waals surface area contributed by atoms with E-state index in [1.54, 1.807) is 23.9 Å². The Labute approximate surface area is 183 Å². The molecule has 0 spiro atoms. The first kappa shape index (κ1) is 21.5. The quantitative estimate of drug-likeness (QED) is 0.469. The summed E-state index contributed by atoms with van der Waals surface area (Å²) in [7, 11) is 0. The largest absolute Gasteiger partial charge is 0.390 e. The molecule has 0 aliphatic rings. The highest BCUT2D eigenvalue weighted by Gasteiger charge is 2.14. The SMILES string of the molecule is Cc1cn(-c2ccc(-c3cc(C)c(N[C@@H](C)c4cc(F)cc(F)c4)nn3)nc2CO)cn1. The maximum atomic E-state index is 13.5. The zero-order valence-corrected chi connectivity index (χ0v) is 17.8. The number of halogens is 2. The second-order valence-electron chi connectivity index (χ2n) is 7.57. The molecule has 0 saturated heterocycles. The van der Waals surface area contributed by atoms with Gasteiger partial charge in [0.15, 0.2) is 5.82 Å². The summed E-state index contributed by atoms with van der Waals surface area (Å²) in [6, 6.07) is 8.48. The Kier molecular flexibility index (Phi) is 5.91. The van der Waals surface area contributed by atoms with Gasteiger partial charge in [0.05, 0.1) is 41.7 Å². The average Bonchev–Trinajstić information content (AvgIpc) is 3.20. The van der Waals surface area contributed by atoms with Gasteiger partial charge in [-0.3, -0.25) is 0 Å². The first-order chi connectivity index (χ1) is 15.3. The van der Waals surface area contributed by atoms with Crippen LogP contribution in [0.1, 0.15) is 35.5 Å². The molecule has 0 fully saturated rings. The van der Waals surface area contributed by atoms with Gasteiger partial charge in [-0.25, -0.2) is 18.7 Å². The zero-order valence-electron chi connectivity index (χ0n) is 17.8. The summed E-state index contributed by atoms with van der Waals surface area (Å²) in [5.74, 6) is -0.766. The Bertz CT molecular complexity index is 1250. The summed E-state index contributed by atoms with van der Waals surface area (Å²) < 4.78 is 28.8. The summed E-state index contributed by atoms with van der Waals surface area (Å²) in [5, 5.41) is 21.4. The minimum atomic E-state index is -0.633. The van der Waals surface area contributed by atoms with E-state index in [2.05, 4.69) is 25.5 Å². The molecular formula is C23H22F2N6O. The lowest BCUT2D eigenvalue weighted by atomic mass is 10.1. The number of aliphatic hydroxyl groups is 1. The Morgan fingerprint density at radius 3 is 2.41 bits per heavy atom. The molecule has 0 amide bonds. The van der Waals surface area contributed by atoms with Crippen LogP contribution in [-0.4, -0.2) is 29.8 Å². The molecule has 2 N–H and O–H groups in total. The van der Waals surface area contributed by atoms with Gasteiger partial charge in [-0.1, -0.05) is 0 Å². The molecule has 0 aliphatic carbocycles. The zero-order chi connectivity index (χ0) is 22.8. The number of anilines is 1. The summed E-state index contributed by atoms with van der Waals surface area (Å²) in [4.78, 5) is 8.75. The fourth-order valence-electron chi connectivity index (χ4n) is 3.41. The number of aromatic nitrogens is 5. The molecule has 0 bridgehead atoms. The van der Waals surface area contributed by atoms with Crippen LogP contribution in [0.4, 0.5) is 14.6 Å². The van der Waals surface area contributed by atoms with Gasteiger partial charge in [0.2, 0.25) is 0 Å². The van der Waals surface area contributed by atoms with Crippen LogP contribution in [0.2, 0.25) is 0 Å². The second kappa shape index (κ2) is 8.80. The van der Waals surface area contributed by atoms with Crippen molar-refractivity contribution in [3.63, 3.8) is 0 Å². The Hall–Kier alpha value is -3.72. The lowest BCUT2D eigenvalue weighted by Gasteiger charge is -2.17. The molecular weight excluding hydrogens is 414 g/mol. The number of hydrogen-bond acceptors (Lipinski definition) is 6. The minimum absolute atomic E-state index is 0.242. The summed E-state index contributed by atoms with van der Waals surface area (Å²) in [5.41, 5.74) is 4.45. The van der Waals surface area contributed by atoms with Gasteiger partial charge in [-0.15, -0.1) is 10.2 Å². The van der Waals surface area contributed by atoms with Crippen LogP contribution in [0.25, 0.3) is 17.1 Å². The molecule has 0 unspecified atom stereocenters. The van der Waals surface area contributed by atoms with Crippen LogP contribution in [0.15, 0.2) is 48.9 Å². The average molecular weight is 436 g/mol. The fourth-order valence-corrected chi connectivity index (χ4v) is 3.41. The van der Waals surface area contributed by atoms with Crippen LogP contribution in [0.3, 0.4) is 0 Å². The Balaban J connectivity index is 1.59. The van der Waals surface area contributed by atoms with Crippen LogP contribution in [0.5, 0.6) is 0 Å². The molecule has 164 valence electrons. The molecule has 0 radical (unpaired) electrons. The first-order valence-corrected chi connectivity index (χ1v) is 10.0. The van der Waals surface area contributed by atoms with Crippen LogP contribution >= 0.6 is 0 Å². The van der Waals surface area contributed by atoms with Gasteiger partial charge in [0.1, 0.15) is 17.3 Å². The molecule has 3 aromatic heterocycles. The number of aliphatic hydroxyl groups excluding tert-OH is 1. The van der Waals surface area contributed by atoms with Gasteiger partial charge in [0.25, 0.3) is 0 Å². The van der Waals surface area contributed by atoms with E-state index in [0.29, 0.717) is 28.5 Å². The Morgan fingerprint density at radius 1 is 1.03 bits per heavy atom. The fraction of sp³-hybridized carbons (Fsp3) is 0.217. The second-order valence-corrected chi connectivity index (χ2v) is 7.57. The van der Waals surface area contributed by atoms with Crippen LogP contribution in [-0.2, 0) is 6.61 Å². The molecule has 3 heterocycles. The van der Waals surface area contributed by atoms with Crippen LogP contribution in [0, 0.1) is 25.5 Å². The molecule has 0 aliphatic heterocycles. The maximum absolute atomic E-state index is 13.5. The standard InChI is InChI=1S/C23H22F2N6O/c1-13-6-20(19-4-5-22(21(11-32)28-19)31-10-14(2)26-12-31)29-30-23(13)27-15(3)16-7-17(24)9-18(25)8-16/h4-10,12,15,32H,11H2,1-3H3,(H,27,30)/t15-/m0/s1. The van der Waals surface area contributed by atoms with E-state index in [1.165, 1.54) is 12.1 Å². The van der Waals surface area contributed by atoms with Gasteiger partial charge >= 0.3 is 0 Å². The topological polar surface area (TPSA) is 88.8 Å². The van der Waals surface area contributed by atoms with Gasteiger partial charge in [0, 0.05) is 12.3 Å². The van der Waals surface area contributed by atoms with E-state index >= 15 is 0 Å². The summed E-state index contributed by atoms with van der Waals surface area (Å²) in [6.07, 6.45) is 3.52. The van der Waals surface area contributed by atoms with Crippen molar-refractivity contribution in [1.82, 2.24) is 24.7 Å². The van der Waals surface area contributed by atoms with E-state index in [4.69, 9.17) is 0 Å². The Morgan fingerprint density at radius 2 is 1.78 bits per heavy atom. The van der Waals surface area contributed by atoms with E-state index in [-0.39, 0.29) is 12.6 Å².